The van der Waals surface area contributed by atoms with E-state index in [-0.39, 0.29) is 6.61 Å². The van der Waals surface area contributed by atoms with E-state index in [4.69, 9.17) is 10.5 Å². The normalized spacial score (nSPS) is 13.2. The van der Waals surface area contributed by atoms with Gasteiger partial charge in [-0.05, 0) is 11.6 Å². The van der Waals surface area contributed by atoms with Crippen molar-refractivity contribution in [2.75, 3.05) is 13.7 Å². The average molecular weight is 237 g/mol. The van der Waals surface area contributed by atoms with Crippen molar-refractivity contribution in [3.05, 3.63) is 35.4 Å². The fourth-order valence-corrected chi connectivity index (χ4v) is 1.58. The first-order chi connectivity index (χ1) is 7.94. The monoisotopic (exact) mass is 237 g/mol. The summed E-state index contributed by atoms with van der Waals surface area (Å²) in [4.78, 5) is 11.6. The molecule has 0 saturated carbocycles. The van der Waals surface area contributed by atoms with E-state index in [2.05, 4.69) is 0 Å². The van der Waals surface area contributed by atoms with Crippen LogP contribution in [0.1, 0.15) is 35.8 Å². The number of methoxy groups -OCH3 is 1. The molecule has 1 aromatic rings. The number of rotatable bonds is 4. The first-order valence-electron chi connectivity index (χ1n) is 5.47. The number of aliphatic hydroxyl groups is 1. The van der Waals surface area contributed by atoms with Crippen LogP contribution in [0, 0.1) is 5.41 Å². The van der Waals surface area contributed by atoms with Gasteiger partial charge in [0, 0.05) is 18.1 Å². The van der Waals surface area contributed by atoms with Crippen LogP contribution in [0.2, 0.25) is 0 Å². The van der Waals surface area contributed by atoms with Crippen LogP contribution < -0.4 is 5.73 Å². The number of aliphatic hydroxyl groups excluding tert-OH is 1. The van der Waals surface area contributed by atoms with E-state index < -0.39 is 17.4 Å². The largest absolute Gasteiger partial charge is 0.465 e. The molecule has 17 heavy (non-hydrogen) atoms. The molecule has 1 rings (SSSR count). The molecule has 0 aromatic heterocycles. The highest BCUT2D eigenvalue weighted by Crippen LogP contribution is 2.32. The van der Waals surface area contributed by atoms with E-state index in [1.807, 2.05) is 19.9 Å². The van der Waals surface area contributed by atoms with Crippen molar-refractivity contribution in [1.29, 1.82) is 0 Å². The van der Waals surface area contributed by atoms with Crippen LogP contribution in [-0.4, -0.2) is 24.8 Å². The van der Waals surface area contributed by atoms with E-state index in [9.17, 15) is 9.90 Å². The highest BCUT2D eigenvalue weighted by atomic mass is 16.5. The lowest BCUT2D eigenvalue weighted by molar-refractivity contribution is 0.0595. The van der Waals surface area contributed by atoms with Crippen LogP contribution in [0.25, 0.3) is 0 Å². The molecule has 0 radical (unpaired) electrons. The standard InChI is InChI=1S/C13H19NO3/c1-13(2,8-15)11(14)9-6-4-5-7-10(9)12(16)17-3/h4-7,11,15H,8,14H2,1-3H3/t11-/m1/s1. The van der Waals surface area contributed by atoms with Crippen molar-refractivity contribution in [3.8, 4) is 0 Å². The summed E-state index contributed by atoms with van der Waals surface area (Å²) >= 11 is 0. The fourth-order valence-electron chi connectivity index (χ4n) is 1.58. The third kappa shape index (κ3) is 2.84. The number of carbonyl (C=O) groups excluding carboxylic acids is 1. The van der Waals surface area contributed by atoms with Crippen LogP contribution in [-0.2, 0) is 4.74 Å². The fraction of sp³-hybridized carbons (Fsp3) is 0.462. The van der Waals surface area contributed by atoms with Crippen LogP contribution in [0.3, 0.4) is 0 Å². The van der Waals surface area contributed by atoms with Gasteiger partial charge in [0.25, 0.3) is 0 Å². The molecule has 0 amide bonds. The average Bonchev–Trinajstić information content (AvgIpc) is 2.36. The molecule has 0 unspecified atom stereocenters. The van der Waals surface area contributed by atoms with E-state index in [1.54, 1.807) is 18.2 Å². The Morgan fingerprint density at radius 2 is 2.06 bits per heavy atom. The first kappa shape index (κ1) is 13.7. The lowest BCUT2D eigenvalue weighted by Crippen LogP contribution is -2.33. The molecule has 0 fully saturated rings. The minimum Gasteiger partial charge on any atom is -0.465 e. The quantitative estimate of drug-likeness (QED) is 0.778. The Morgan fingerprint density at radius 3 is 2.59 bits per heavy atom. The minimum absolute atomic E-state index is 0.0519. The van der Waals surface area contributed by atoms with Gasteiger partial charge >= 0.3 is 5.97 Å². The zero-order chi connectivity index (χ0) is 13.1. The number of hydrogen-bond donors (Lipinski definition) is 2. The predicted octanol–water partition coefficient (Wildman–Crippen LogP) is 1.49. The van der Waals surface area contributed by atoms with Crippen molar-refractivity contribution >= 4 is 5.97 Å². The smallest absolute Gasteiger partial charge is 0.338 e. The summed E-state index contributed by atoms with van der Waals surface area (Å²) < 4.78 is 4.72. The summed E-state index contributed by atoms with van der Waals surface area (Å²) in [7, 11) is 1.34. The zero-order valence-corrected chi connectivity index (χ0v) is 10.4. The third-order valence-corrected chi connectivity index (χ3v) is 2.95. The summed E-state index contributed by atoms with van der Waals surface area (Å²) in [6.45, 7) is 3.65. The van der Waals surface area contributed by atoms with Crippen LogP contribution >= 0.6 is 0 Å². The van der Waals surface area contributed by atoms with Crippen LogP contribution in [0.5, 0.6) is 0 Å². The molecule has 4 heteroatoms. The van der Waals surface area contributed by atoms with E-state index in [0.717, 1.165) is 0 Å². The summed E-state index contributed by atoms with van der Waals surface area (Å²) in [6.07, 6.45) is 0. The van der Waals surface area contributed by atoms with Gasteiger partial charge in [-0.3, -0.25) is 0 Å². The molecule has 0 bridgehead atoms. The van der Waals surface area contributed by atoms with Gasteiger partial charge in [0.15, 0.2) is 0 Å². The zero-order valence-electron chi connectivity index (χ0n) is 10.4. The lowest BCUT2D eigenvalue weighted by atomic mass is 9.80. The van der Waals surface area contributed by atoms with E-state index in [1.165, 1.54) is 7.11 Å². The van der Waals surface area contributed by atoms with Gasteiger partial charge in [0.05, 0.1) is 12.7 Å². The Labute approximate surface area is 101 Å². The Kier molecular flexibility index (Phi) is 4.26. The molecule has 0 aliphatic carbocycles. The molecule has 0 aliphatic rings. The molecule has 0 spiro atoms. The van der Waals surface area contributed by atoms with Gasteiger partial charge in [0.2, 0.25) is 0 Å². The number of carbonyl (C=O) groups is 1. The molecule has 0 aliphatic heterocycles. The maximum absolute atomic E-state index is 11.6. The van der Waals surface area contributed by atoms with Gasteiger partial charge < -0.3 is 15.6 Å². The second kappa shape index (κ2) is 5.29. The van der Waals surface area contributed by atoms with Crippen LogP contribution in [0.4, 0.5) is 0 Å². The second-order valence-corrected chi connectivity index (χ2v) is 4.70. The summed E-state index contributed by atoms with van der Waals surface area (Å²) in [5.74, 6) is -0.412. The van der Waals surface area contributed by atoms with Gasteiger partial charge in [-0.1, -0.05) is 32.0 Å². The Bertz CT molecular complexity index is 401. The summed E-state index contributed by atoms with van der Waals surface area (Å²) in [5, 5.41) is 9.32. The first-order valence-corrected chi connectivity index (χ1v) is 5.47. The maximum Gasteiger partial charge on any atom is 0.338 e. The molecule has 3 N–H and O–H groups in total. The number of ether oxygens (including phenoxy) is 1. The minimum atomic E-state index is -0.496. The molecule has 0 saturated heterocycles. The number of benzene rings is 1. The van der Waals surface area contributed by atoms with Crippen molar-refractivity contribution in [1.82, 2.24) is 0 Å². The second-order valence-electron chi connectivity index (χ2n) is 4.70. The Morgan fingerprint density at radius 1 is 1.47 bits per heavy atom. The molecular weight excluding hydrogens is 218 g/mol. The number of esters is 1. The van der Waals surface area contributed by atoms with E-state index >= 15 is 0 Å². The van der Waals surface area contributed by atoms with E-state index in [0.29, 0.717) is 11.1 Å². The van der Waals surface area contributed by atoms with Crippen molar-refractivity contribution in [2.24, 2.45) is 11.1 Å². The Hall–Kier alpha value is -1.39. The maximum atomic E-state index is 11.6. The van der Waals surface area contributed by atoms with Crippen LogP contribution in [0.15, 0.2) is 24.3 Å². The molecule has 4 nitrogen and oxygen atoms in total. The number of nitrogens with two attached hydrogens (primary N) is 1. The SMILES string of the molecule is COC(=O)c1ccccc1[C@@H](N)C(C)(C)CO. The molecular formula is C13H19NO3. The highest BCUT2D eigenvalue weighted by Gasteiger charge is 2.29. The topological polar surface area (TPSA) is 72.5 Å². The lowest BCUT2D eigenvalue weighted by Gasteiger charge is -2.30. The van der Waals surface area contributed by atoms with Gasteiger partial charge in [-0.2, -0.15) is 0 Å². The molecule has 0 heterocycles. The highest BCUT2D eigenvalue weighted by molar-refractivity contribution is 5.91. The van der Waals surface area contributed by atoms with Gasteiger partial charge in [-0.15, -0.1) is 0 Å². The van der Waals surface area contributed by atoms with Crippen molar-refractivity contribution in [2.45, 2.75) is 19.9 Å². The molecule has 94 valence electrons. The summed E-state index contributed by atoms with van der Waals surface area (Å²) in [5.41, 5.74) is 6.75. The third-order valence-electron chi connectivity index (χ3n) is 2.95. The predicted molar refractivity (Wildman–Crippen MR) is 65.6 cm³/mol. The Balaban J connectivity index is 3.18. The molecule has 1 atom stereocenters. The number of hydrogen-bond acceptors (Lipinski definition) is 4. The molecule has 1 aromatic carbocycles. The van der Waals surface area contributed by atoms with Crippen molar-refractivity contribution in [3.63, 3.8) is 0 Å². The van der Waals surface area contributed by atoms with Gasteiger partial charge in [0.1, 0.15) is 0 Å². The summed E-state index contributed by atoms with van der Waals surface area (Å²) in [6, 6.07) is 6.61. The van der Waals surface area contributed by atoms with Gasteiger partial charge in [-0.25, -0.2) is 4.79 Å². The van der Waals surface area contributed by atoms with Crippen molar-refractivity contribution < 1.29 is 14.6 Å².